The molecule has 2 heterocycles. The van der Waals surface area contributed by atoms with Crippen molar-refractivity contribution >= 4 is 0 Å². The third kappa shape index (κ3) is 1.09. The van der Waals surface area contributed by atoms with Crippen molar-refractivity contribution in [3.63, 3.8) is 0 Å². The predicted octanol–water partition coefficient (Wildman–Crippen LogP) is 0.594. The quantitative estimate of drug-likeness (QED) is 0.608. The van der Waals surface area contributed by atoms with E-state index in [9.17, 15) is 0 Å². The van der Waals surface area contributed by atoms with E-state index < -0.39 is 0 Å². The SMILES string of the molecule is CC(C)CC1CNC12CNC2. The van der Waals surface area contributed by atoms with E-state index in [1.165, 1.54) is 26.1 Å². The van der Waals surface area contributed by atoms with Gasteiger partial charge in [0, 0.05) is 25.2 Å². The van der Waals surface area contributed by atoms with E-state index >= 15 is 0 Å². The molecule has 0 amide bonds. The van der Waals surface area contributed by atoms with Crippen LogP contribution in [0.25, 0.3) is 0 Å². The van der Waals surface area contributed by atoms with Crippen LogP contribution in [0, 0.1) is 11.8 Å². The Labute approximate surface area is 68.7 Å². The Morgan fingerprint density at radius 3 is 2.45 bits per heavy atom. The molecule has 0 aromatic carbocycles. The molecule has 1 spiro atoms. The van der Waals surface area contributed by atoms with E-state index in [2.05, 4.69) is 24.5 Å². The van der Waals surface area contributed by atoms with Crippen molar-refractivity contribution < 1.29 is 0 Å². The van der Waals surface area contributed by atoms with Gasteiger partial charge < -0.3 is 10.6 Å². The minimum atomic E-state index is 0.532. The van der Waals surface area contributed by atoms with Crippen LogP contribution in [-0.2, 0) is 0 Å². The van der Waals surface area contributed by atoms with E-state index in [1.807, 2.05) is 0 Å². The van der Waals surface area contributed by atoms with Crippen LogP contribution in [0.3, 0.4) is 0 Å². The fraction of sp³-hybridized carbons (Fsp3) is 1.00. The van der Waals surface area contributed by atoms with Crippen molar-refractivity contribution in [1.29, 1.82) is 0 Å². The lowest BCUT2D eigenvalue weighted by molar-refractivity contribution is 0.0298. The number of rotatable bonds is 2. The minimum absolute atomic E-state index is 0.532. The second-order valence-electron chi connectivity index (χ2n) is 4.47. The summed E-state index contributed by atoms with van der Waals surface area (Å²) in [6.45, 7) is 8.28. The molecule has 64 valence electrons. The molecule has 0 saturated carbocycles. The van der Waals surface area contributed by atoms with E-state index in [4.69, 9.17) is 0 Å². The Balaban J connectivity index is 1.86. The van der Waals surface area contributed by atoms with Gasteiger partial charge in [0.2, 0.25) is 0 Å². The Hall–Kier alpha value is -0.0800. The summed E-state index contributed by atoms with van der Waals surface area (Å²) in [7, 11) is 0. The molecule has 0 radical (unpaired) electrons. The molecule has 2 nitrogen and oxygen atoms in total. The molecule has 1 atom stereocenters. The van der Waals surface area contributed by atoms with Gasteiger partial charge in [-0.05, 0) is 18.3 Å². The third-order valence-corrected chi connectivity index (χ3v) is 3.12. The molecule has 11 heavy (non-hydrogen) atoms. The lowest BCUT2D eigenvalue weighted by Crippen LogP contribution is -2.80. The smallest absolute Gasteiger partial charge is 0.0473 e. The van der Waals surface area contributed by atoms with E-state index in [0.717, 1.165) is 11.8 Å². The van der Waals surface area contributed by atoms with Gasteiger partial charge in [0.15, 0.2) is 0 Å². The second-order valence-corrected chi connectivity index (χ2v) is 4.47. The van der Waals surface area contributed by atoms with E-state index in [0.29, 0.717) is 5.54 Å². The van der Waals surface area contributed by atoms with E-state index in [-0.39, 0.29) is 0 Å². The summed E-state index contributed by atoms with van der Waals surface area (Å²) in [5, 5.41) is 6.90. The molecule has 2 aliphatic rings. The fourth-order valence-corrected chi connectivity index (χ4v) is 2.22. The van der Waals surface area contributed by atoms with Gasteiger partial charge in [-0.15, -0.1) is 0 Å². The minimum Gasteiger partial charge on any atom is -0.313 e. The van der Waals surface area contributed by atoms with Gasteiger partial charge in [-0.25, -0.2) is 0 Å². The van der Waals surface area contributed by atoms with Crippen LogP contribution in [0.5, 0.6) is 0 Å². The molecule has 2 rings (SSSR count). The second kappa shape index (κ2) is 2.46. The van der Waals surface area contributed by atoms with Crippen molar-refractivity contribution in [1.82, 2.24) is 10.6 Å². The first-order valence-corrected chi connectivity index (χ1v) is 4.69. The molecular weight excluding hydrogens is 136 g/mol. The Bertz CT molecular complexity index is 144. The third-order valence-electron chi connectivity index (χ3n) is 3.12. The lowest BCUT2D eigenvalue weighted by atomic mass is 9.69. The van der Waals surface area contributed by atoms with Gasteiger partial charge in [-0.1, -0.05) is 13.8 Å². The molecule has 0 aliphatic carbocycles. The van der Waals surface area contributed by atoms with E-state index in [1.54, 1.807) is 0 Å². The van der Waals surface area contributed by atoms with Crippen molar-refractivity contribution in [2.24, 2.45) is 11.8 Å². The van der Waals surface area contributed by atoms with Crippen LogP contribution in [0.15, 0.2) is 0 Å². The molecule has 2 saturated heterocycles. The van der Waals surface area contributed by atoms with Crippen LogP contribution >= 0.6 is 0 Å². The summed E-state index contributed by atoms with van der Waals surface area (Å²) in [4.78, 5) is 0. The van der Waals surface area contributed by atoms with Crippen molar-refractivity contribution in [2.75, 3.05) is 19.6 Å². The zero-order chi connectivity index (χ0) is 7.90. The molecular formula is C9H18N2. The first-order valence-electron chi connectivity index (χ1n) is 4.69. The standard InChI is InChI=1S/C9H18N2/c1-7(2)3-8-4-11-9(8)5-10-6-9/h7-8,10-11H,3-6H2,1-2H3. The summed E-state index contributed by atoms with van der Waals surface area (Å²) in [6, 6.07) is 0. The Morgan fingerprint density at radius 1 is 1.45 bits per heavy atom. The number of hydrogen-bond donors (Lipinski definition) is 2. The van der Waals surface area contributed by atoms with Crippen LogP contribution < -0.4 is 10.6 Å². The van der Waals surface area contributed by atoms with Crippen LogP contribution in [0.1, 0.15) is 20.3 Å². The highest BCUT2D eigenvalue weighted by Crippen LogP contribution is 2.34. The molecule has 2 heteroatoms. The number of nitrogens with one attached hydrogen (secondary N) is 2. The van der Waals surface area contributed by atoms with Crippen LogP contribution in [-0.4, -0.2) is 25.2 Å². The van der Waals surface area contributed by atoms with Gasteiger partial charge >= 0.3 is 0 Å². The molecule has 0 bridgehead atoms. The van der Waals surface area contributed by atoms with Gasteiger partial charge in [0.05, 0.1) is 0 Å². The maximum Gasteiger partial charge on any atom is 0.0473 e. The summed E-state index contributed by atoms with van der Waals surface area (Å²) in [5.41, 5.74) is 0.532. The average Bonchev–Trinajstić information content (AvgIpc) is 1.76. The van der Waals surface area contributed by atoms with Crippen molar-refractivity contribution in [3.8, 4) is 0 Å². The number of hydrogen-bond acceptors (Lipinski definition) is 2. The lowest BCUT2D eigenvalue weighted by Gasteiger charge is -2.57. The molecule has 1 unspecified atom stereocenters. The predicted molar refractivity (Wildman–Crippen MR) is 46.5 cm³/mol. The molecule has 2 fully saturated rings. The summed E-state index contributed by atoms with van der Waals surface area (Å²) in [6.07, 6.45) is 1.40. The average molecular weight is 154 g/mol. The van der Waals surface area contributed by atoms with Gasteiger partial charge in [0.1, 0.15) is 0 Å². The van der Waals surface area contributed by atoms with Crippen molar-refractivity contribution in [2.45, 2.75) is 25.8 Å². The zero-order valence-electron chi connectivity index (χ0n) is 7.48. The largest absolute Gasteiger partial charge is 0.313 e. The topological polar surface area (TPSA) is 24.1 Å². The highest BCUT2D eigenvalue weighted by molar-refractivity contribution is 5.12. The normalized spacial score (nSPS) is 33.5. The van der Waals surface area contributed by atoms with Gasteiger partial charge in [-0.3, -0.25) is 0 Å². The molecule has 2 aliphatic heterocycles. The maximum absolute atomic E-state index is 3.55. The summed E-state index contributed by atoms with van der Waals surface area (Å²) < 4.78 is 0. The Kier molecular flexibility index (Phi) is 1.69. The highest BCUT2D eigenvalue weighted by Gasteiger charge is 2.50. The molecule has 2 N–H and O–H groups in total. The highest BCUT2D eigenvalue weighted by atomic mass is 15.2. The monoisotopic (exact) mass is 154 g/mol. The van der Waals surface area contributed by atoms with Crippen molar-refractivity contribution in [3.05, 3.63) is 0 Å². The van der Waals surface area contributed by atoms with Crippen LogP contribution in [0.2, 0.25) is 0 Å². The van der Waals surface area contributed by atoms with Gasteiger partial charge in [-0.2, -0.15) is 0 Å². The van der Waals surface area contributed by atoms with Gasteiger partial charge in [0.25, 0.3) is 0 Å². The summed E-state index contributed by atoms with van der Waals surface area (Å²) >= 11 is 0. The Morgan fingerprint density at radius 2 is 2.18 bits per heavy atom. The zero-order valence-corrected chi connectivity index (χ0v) is 7.48. The molecule has 0 aromatic rings. The summed E-state index contributed by atoms with van der Waals surface area (Å²) in [5.74, 6) is 1.81. The first-order chi connectivity index (χ1) is 5.23. The maximum atomic E-state index is 3.55. The van der Waals surface area contributed by atoms with Crippen LogP contribution in [0.4, 0.5) is 0 Å². The first kappa shape index (κ1) is 7.56. The fourth-order valence-electron chi connectivity index (χ4n) is 2.22. The molecule has 0 aromatic heterocycles.